The van der Waals surface area contributed by atoms with Crippen molar-refractivity contribution in [3.05, 3.63) is 41.2 Å². The number of imidazole rings is 1. The Labute approximate surface area is 221 Å². The van der Waals surface area contributed by atoms with Crippen molar-refractivity contribution >= 4 is 28.0 Å². The molecule has 1 aromatic carbocycles. The Morgan fingerprint density at radius 2 is 1.89 bits per heavy atom. The number of hydrogen-bond acceptors (Lipinski definition) is 6. The number of nitriles is 1. The average molecular weight is 513 g/mol. The monoisotopic (exact) mass is 512 g/mol. The first-order valence-corrected chi connectivity index (χ1v) is 13.2. The first-order valence-electron chi connectivity index (χ1n) is 13.2. The van der Waals surface area contributed by atoms with Crippen molar-refractivity contribution in [2.45, 2.75) is 63.9 Å². The van der Waals surface area contributed by atoms with Gasteiger partial charge in [-0.1, -0.05) is 6.07 Å². The topological polar surface area (TPSA) is 120 Å². The maximum atomic E-state index is 12.5. The minimum Gasteiger partial charge on any atom is -0.480 e. The highest BCUT2D eigenvalue weighted by Gasteiger charge is 2.31. The van der Waals surface area contributed by atoms with Crippen LogP contribution in [0.25, 0.3) is 33.3 Å². The zero-order valence-corrected chi connectivity index (χ0v) is 22.2. The van der Waals surface area contributed by atoms with Gasteiger partial charge in [0.1, 0.15) is 23.1 Å². The molecule has 196 valence electrons. The zero-order valence-electron chi connectivity index (χ0n) is 22.2. The molecule has 1 amide bonds. The van der Waals surface area contributed by atoms with E-state index in [1.54, 1.807) is 18.2 Å². The summed E-state index contributed by atoms with van der Waals surface area (Å²) in [4.78, 5) is 30.6. The quantitative estimate of drug-likeness (QED) is 0.347. The zero-order chi connectivity index (χ0) is 26.6. The van der Waals surface area contributed by atoms with Gasteiger partial charge in [0.2, 0.25) is 5.88 Å². The number of ether oxygens (including phenoxy) is 2. The van der Waals surface area contributed by atoms with Gasteiger partial charge in [0.05, 0.1) is 29.2 Å². The summed E-state index contributed by atoms with van der Waals surface area (Å²) >= 11 is 0. The van der Waals surface area contributed by atoms with E-state index >= 15 is 0 Å². The molecule has 9 nitrogen and oxygen atoms in total. The molecular weight excluding hydrogens is 480 g/mol. The van der Waals surface area contributed by atoms with Gasteiger partial charge in [0.25, 0.3) is 0 Å². The SMILES string of the molecule is COc1ncc2c(C#N)c(C3CC3)[nH]c2c1-c1nc2ccc(C3CCN(C(=O)OC(C)(C)C)CC3)cc2[nH]1. The number of likely N-dealkylation sites (tertiary alicyclic amines) is 1. The molecule has 1 aliphatic heterocycles. The molecule has 0 unspecified atom stereocenters. The number of aromatic amines is 2. The fourth-order valence-corrected chi connectivity index (χ4v) is 5.45. The molecule has 2 fully saturated rings. The van der Waals surface area contributed by atoms with Gasteiger partial charge in [-0.15, -0.1) is 0 Å². The van der Waals surface area contributed by atoms with E-state index in [2.05, 4.69) is 33.2 Å². The Hall–Kier alpha value is -4.06. The molecule has 4 aromatic rings. The standard InChI is InChI=1S/C29H32N6O3/c1-29(2,3)38-28(36)35-11-9-16(10-12-35)18-7-8-21-22(13-18)33-26(32-21)23-25-20(15-31-27(23)37-4)19(14-30)24(34-25)17-5-6-17/h7-8,13,15-17,34H,5-6,9-12H2,1-4H3,(H,32,33). The molecule has 2 aliphatic rings. The van der Waals surface area contributed by atoms with Gasteiger partial charge >= 0.3 is 6.09 Å². The second kappa shape index (κ2) is 9.05. The van der Waals surface area contributed by atoms with Gasteiger partial charge in [0.15, 0.2) is 0 Å². The largest absolute Gasteiger partial charge is 0.480 e. The van der Waals surface area contributed by atoms with E-state index in [4.69, 9.17) is 14.5 Å². The molecule has 0 atom stereocenters. The van der Waals surface area contributed by atoms with Crippen LogP contribution in [0.15, 0.2) is 24.4 Å². The number of H-pyrrole nitrogens is 2. The van der Waals surface area contributed by atoms with Crippen LogP contribution in [0.1, 0.15) is 75.1 Å². The van der Waals surface area contributed by atoms with E-state index in [9.17, 15) is 10.1 Å². The van der Waals surface area contributed by atoms with Gasteiger partial charge in [-0.05, 0) is 70.1 Å². The molecule has 1 saturated heterocycles. The minimum absolute atomic E-state index is 0.241. The Balaban J connectivity index is 1.30. The number of carbonyl (C=O) groups is 1. The highest BCUT2D eigenvalue weighted by atomic mass is 16.6. The first-order chi connectivity index (χ1) is 18.3. The van der Waals surface area contributed by atoms with Crippen LogP contribution in [0, 0.1) is 11.3 Å². The second-order valence-corrected chi connectivity index (χ2v) is 11.3. The van der Waals surface area contributed by atoms with Crippen LogP contribution in [0.2, 0.25) is 0 Å². The van der Waals surface area contributed by atoms with Crippen molar-refractivity contribution in [2.24, 2.45) is 0 Å². The lowest BCUT2D eigenvalue weighted by Gasteiger charge is -2.33. The molecule has 0 radical (unpaired) electrons. The molecule has 38 heavy (non-hydrogen) atoms. The number of piperidine rings is 1. The molecule has 1 aliphatic carbocycles. The predicted octanol–water partition coefficient (Wildman–Crippen LogP) is 5.98. The normalized spacial score (nSPS) is 16.7. The predicted molar refractivity (Wildman–Crippen MR) is 144 cm³/mol. The summed E-state index contributed by atoms with van der Waals surface area (Å²) < 4.78 is 11.2. The number of amides is 1. The van der Waals surface area contributed by atoms with Crippen LogP contribution in [-0.4, -0.2) is 56.7 Å². The summed E-state index contributed by atoms with van der Waals surface area (Å²) in [5, 5.41) is 10.6. The van der Waals surface area contributed by atoms with Crippen LogP contribution in [0.4, 0.5) is 4.79 Å². The van der Waals surface area contributed by atoms with E-state index in [-0.39, 0.29) is 6.09 Å². The van der Waals surface area contributed by atoms with Crippen LogP contribution in [0.5, 0.6) is 5.88 Å². The van der Waals surface area contributed by atoms with E-state index in [1.807, 2.05) is 26.8 Å². The van der Waals surface area contributed by atoms with Crippen molar-refractivity contribution in [2.75, 3.05) is 20.2 Å². The molecule has 0 bridgehead atoms. The maximum absolute atomic E-state index is 12.5. The second-order valence-electron chi connectivity index (χ2n) is 11.3. The molecule has 1 saturated carbocycles. The highest BCUT2D eigenvalue weighted by Crippen LogP contribution is 2.45. The maximum Gasteiger partial charge on any atom is 0.410 e. The van der Waals surface area contributed by atoms with Crippen molar-refractivity contribution in [1.82, 2.24) is 24.8 Å². The number of benzene rings is 1. The lowest BCUT2D eigenvalue weighted by molar-refractivity contribution is 0.0205. The Bertz CT molecular complexity index is 1580. The number of carbonyl (C=O) groups excluding carboxylic acids is 1. The number of hydrogen-bond donors (Lipinski definition) is 2. The Kier molecular flexibility index (Phi) is 5.78. The Morgan fingerprint density at radius 3 is 2.55 bits per heavy atom. The van der Waals surface area contributed by atoms with E-state index in [1.165, 1.54) is 5.56 Å². The number of rotatable bonds is 4. The lowest BCUT2D eigenvalue weighted by atomic mass is 9.89. The van der Waals surface area contributed by atoms with Gasteiger partial charge in [-0.3, -0.25) is 0 Å². The van der Waals surface area contributed by atoms with Crippen molar-refractivity contribution in [3.63, 3.8) is 0 Å². The average Bonchev–Trinajstić information content (AvgIpc) is 3.54. The first kappa shape index (κ1) is 24.3. The van der Waals surface area contributed by atoms with Gasteiger partial charge in [-0.2, -0.15) is 5.26 Å². The van der Waals surface area contributed by atoms with E-state index < -0.39 is 5.60 Å². The smallest absolute Gasteiger partial charge is 0.410 e. The highest BCUT2D eigenvalue weighted by molar-refractivity contribution is 5.99. The summed E-state index contributed by atoms with van der Waals surface area (Å²) in [6, 6.07) is 8.70. The number of fused-ring (bicyclic) bond motifs is 2. The molecule has 6 rings (SSSR count). The van der Waals surface area contributed by atoms with E-state index in [0.29, 0.717) is 42.2 Å². The molecule has 2 N–H and O–H groups in total. The van der Waals surface area contributed by atoms with Gasteiger partial charge in [0, 0.05) is 36.3 Å². The summed E-state index contributed by atoms with van der Waals surface area (Å²) in [6.07, 6.45) is 5.41. The van der Waals surface area contributed by atoms with Crippen LogP contribution < -0.4 is 4.74 Å². The Morgan fingerprint density at radius 1 is 1.13 bits per heavy atom. The number of methoxy groups -OCH3 is 1. The van der Waals surface area contributed by atoms with Crippen molar-refractivity contribution in [1.29, 1.82) is 5.26 Å². The van der Waals surface area contributed by atoms with Crippen molar-refractivity contribution < 1.29 is 14.3 Å². The summed E-state index contributed by atoms with van der Waals surface area (Å²) in [5.41, 5.74) is 5.72. The van der Waals surface area contributed by atoms with Crippen LogP contribution in [0.3, 0.4) is 0 Å². The molecule has 0 spiro atoms. The number of nitrogens with zero attached hydrogens (tertiary/aromatic N) is 4. The van der Waals surface area contributed by atoms with E-state index in [0.717, 1.165) is 58.9 Å². The molecule has 3 aromatic heterocycles. The van der Waals surface area contributed by atoms with Crippen LogP contribution in [-0.2, 0) is 4.74 Å². The fourth-order valence-electron chi connectivity index (χ4n) is 5.45. The molecular formula is C29H32N6O3. The van der Waals surface area contributed by atoms with Crippen molar-refractivity contribution in [3.8, 4) is 23.3 Å². The number of pyridine rings is 1. The third kappa shape index (κ3) is 4.34. The fraction of sp³-hybridized carbons (Fsp3) is 0.448. The molecule has 9 heteroatoms. The van der Waals surface area contributed by atoms with Crippen LogP contribution >= 0.6 is 0 Å². The summed E-state index contributed by atoms with van der Waals surface area (Å²) in [6.45, 7) is 7.02. The summed E-state index contributed by atoms with van der Waals surface area (Å²) in [7, 11) is 1.60. The molecule has 4 heterocycles. The summed E-state index contributed by atoms with van der Waals surface area (Å²) in [5.74, 6) is 1.86. The van der Waals surface area contributed by atoms with Gasteiger partial charge < -0.3 is 24.3 Å². The minimum atomic E-state index is -0.490. The number of aromatic nitrogens is 4. The third-order valence-corrected chi connectivity index (χ3v) is 7.49. The third-order valence-electron chi connectivity index (χ3n) is 7.49. The number of nitrogens with one attached hydrogen (secondary N) is 2. The van der Waals surface area contributed by atoms with Gasteiger partial charge in [-0.25, -0.2) is 14.8 Å². The lowest BCUT2D eigenvalue weighted by Crippen LogP contribution is -2.41.